The van der Waals surface area contributed by atoms with Gasteiger partial charge in [-0.05, 0) is 53.1 Å². The Hall–Kier alpha value is -3.42. The zero-order chi connectivity index (χ0) is 23.2. The molecule has 0 saturated carbocycles. The molecule has 0 unspecified atom stereocenters. The van der Waals surface area contributed by atoms with Crippen molar-refractivity contribution in [1.82, 2.24) is 5.43 Å². The van der Waals surface area contributed by atoms with Crippen LogP contribution in [0.15, 0.2) is 59.7 Å². The maximum atomic E-state index is 12.2. The molecular formula is C24H20Cl2N2O5. The third-order valence-corrected chi connectivity index (χ3v) is 5.29. The largest absolute Gasteiger partial charge is 0.493 e. The summed E-state index contributed by atoms with van der Waals surface area (Å²) in [6.07, 6.45) is 1.63. The number of nitrogens with one attached hydrogen (secondary N) is 1. The van der Waals surface area contributed by atoms with Gasteiger partial charge in [0.15, 0.2) is 23.0 Å². The number of hydrogen-bond acceptors (Lipinski definition) is 6. The highest BCUT2D eigenvalue weighted by molar-refractivity contribution is 6.32. The van der Waals surface area contributed by atoms with Crippen LogP contribution in [0.2, 0.25) is 10.0 Å². The van der Waals surface area contributed by atoms with E-state index in [-0.39, 0.29) is 19.1 Å². The van der Waals surface area contributed by atoms with Crippen molar-refractivity contribution in [1.29, 1.82) is 0 Å². The Morgan fingerprint density at radius 2 is 1.82 bits per heavy atom. The van der Waals surface area contributed by atoms with Crippen molar-refractivity contribution in [3.05, 3.63) is 81.3 Å². The SMILES string of the molecule is COc1cc(C=NNC(=O)Cc2ccc3c(c2)OCO3)cc(Cl)c1OCc1ccc(Cl)cc1. The van der Waals surface area contributed by atoms with Gasteiger partial charge in [-0.2, -0.15) is 5.10 Å². The monoisotopic (exact) mass is 486 g/mol. The number of carbonyl (C=O) groups is 1. The minimum absolute atomic E-state index is 0.148. The Balaban J connectivity index is 1.36. The molecule has 170 valence electrons. The van der Waals surface area contributed by atoms with Gasteiger partial charge >= 0.3 is 0 Å². The fourth-order valence-electron chi connectivity index (χ4n) is 3.15. The Morgan fingerprint density at radius 3 is 2.61 bits per heavy atom. The second-order valence-electron chi connectivity index (χ2n) is 7.11. The Kier molecular flexibility index (Phi) is 7.22. The smallest absolute Gasteiger partial charge is 0.244 e. The summed E-state index contributed by atoms with van der Waals surface area (Å²) in [4.78, 5) is 12.2. The van der Waals surface area contributed by atoms with E-state index < -0.39 is 0 Å². The van der Waals surface area contributed by atoms with Gasteiger partial charge in [-0.3, -0.25) is 4.79 Å². The first kappa shape index (κ1) is 22.8. The average molecular weight is 487 g/mol. The van der Waals surface area contributed by atoms with Crippen molar-refractivity contribution < 1.29 is 23.7 Å². The lowest BCUT2D eigenvalue weighted by Crippen LogP contribution is -2.19. The van der Waals surface area contributed by atoms with Crippen molar-refractivity contribution >= 4 is 35.3 Å². The highest BCUT2D eigenvalue weighted by Gasteiger charge is 2.15. The van der Waals surface area contributed by atoms with E-state index in [2.05, 4.69) is 10.5 Å². The fraction of sp³-hybridized carbons (Fsp3) is 0.167. The van der Waals surface area contributed by atoms with Crippen LogP contribution in [0, 0.1) is 0 Å². The molecule has 7 nitrogen and oxygen atoms in total. The summed E-state index contributed by atoms with van der Waals surface area (Å²) < 4.78 is 21.9. The van der Waals surface area contributed by atoms with E-state index >= 15 is 0 Å². The van der Waals surface area contributed by atoms with Crippen LogP contribution in [0.25, 0.3) is 0 Å². The predicted molar refractivity (Wildman–Crippen MR) is 126 cm³/mol. The lowest BCUT2D eigenvalue weighted by atomic mass is 10.1. The molecule has 3 aromatic rings. The molecule has 0 saturated heterocycles. The van der Waals surface area contributed by atoms with Crippen LogP contribution in [-0.2, 0) is 17.8 Å². The summed E-state index contributed by atoms with van der Waals surface area (Å²) >= 11 is 12.3. The number of hydrogen-bond donors (Lipinski definition) is 1. The number of carbonyl (C=O) groups excluding carboxylic acids is 1. The van der Waals surface area contributed by atoms with Crippen LogP contribution in [-0.4, -0.2) is 26.0 Å². The van der Waals surface area contributed by atoms with E-state index in [1.54, 1.807) is 36.4 Å². The molecule has 1 N–H and O–H groups in total. The topological polar surface area (TPSA) is 78.4 Å². The zero-order valence-corrected chi connectivity index (χ0v) is 19.2. The number of amides is 1. The standard InChI is InChI=1S/C24H20Cl2N2O5/c1-30-22-10-17(8-19(26)24(22)31-13-15-2-5-18(25)6-3-15)12-27-28-23(29)11-16-4-7-20-21(9-16)33-14-32-20/h2-10,12H,11,13-14H2,1H3,(H,28,29). The molecule has 0 spiro atoms. The van der Waals surface area contributed by atoms with Gasteiger partial charge in [0.25, 0.3) is 0 Å². The molecule has 0 atom stereocenters. The first-order valence-corrected chi connectivity index (χ1v) is 10.7. The van der Waals surface area contributed by atoms with E-state index in [1.165, 1.54) is 13.3 Å². The van der Waals surface area contributed by atoms with Crippen LogP contribution < -0.4 is 24.4 Å². The summed E-state index contributed by atoms with van der Waals surface area (Å²) in [5, 5.41) is 5.02. The molecule has 0 aliphatic carbocycles. The third kappa shape index (κ3) is 5.88. The number of benzene rings is 3. The first-order chi connectivity index (χ1) is 16.0. The average Bonchev–Trinajstić information content (AvgIpc) is 3.27. The summed E-state index contributed by atoms with van der Waals surface area (Å²) in [6, 6.07) is 16.1. The minimum Gasteiger partial charge on any atom is -0.493 e. The maximum Gasteiger partial charge on any atom is 0.244 e. The number of halogens is 2. The second kappa shape index (κ2) is 10.5. The molecule has 33 heavy (non-hydrogen) atoms. The van der Waals surface area contributed by atoms with Crippen LogP contribution in [0.1, 0.15) is 16.7 Å². The molecule has 1 aliphatic heterocycles. The van der Waals surface area contributed by atoms with Crippen LogP contribution in [0.5, 0.6) is 23.0 Å². The number of ether oxygens (including phenoxy) is 4. The number of methoxy groups -OCH3 is 1. The van der Waals surface area contributed by atoms with Crippen molar-refractivity contribution in [3.8, 4) is 23.0 Å². The van der Waals surface area contributed by atoms with Crippen LogP contribution in [0.3, 0.4) is 0 Å². The molecule has 0 aromatic heterocycles. The van der Waals surface area contributed by atoms with Gasteiger partial charge in [-0.15, -0.1) is 0 Å². The lowest BCUT2D eigenvalue weighted by Gasteiger charge is -2.13. The number of hydrazone groups is 1. The van der Waals surface area contributed by atoms with Crippen molar-refractivity contribution in [3.63, 3.8) is 0 Å². The molecular weight excluding hydrogens is 467 g/mol. The van der Waals surface area contributed by atoms with E-state index in [1.807, 2.05) is 18.2 Å². The van der Waals surface area contributed by atoms with Gasteiger partial charge in [0.05, 0.1) is 24.8 Å². The highest BCUT2D eigenvalue weighted by Crippen LogP contribution is 2.36. The molecule has 9 heteroatoms. The minimum atomic E-state index is -0.272. The quantitative estimate of drug-likeness (QED) is 0.357. The normalized spacial score (nSPS) is 12.1. The summed E-state index contributed by atoms with van der Waals surface area (Å²) in [6.45, 7) is 0.489. The van der Waals surface area contributed by atoms with E-state index in [4.69, 9.17) is 42.1 Å². The van der Waals surface area contributed by atoms with Crippen molar-refractivity contribution in [2.24, 2.45) is 5.10 Å². The highest BCUT2D eigenvalue weighted by atomic mass is 35.5. The van der Waals surface area contributed by atoms with E-state index in [0.29, 0.717) is 45.2 Å². The Morgan fingerprint density at radius 1 is 1.06 bits per heavy atom. The second-order valence-corrected chi connectivity index (χ2v) is 7.95. The molecule has 1 amide bonds. The van der Waals surface area contributed by atoms with Crippen molar-refractivity contribution in [2.45, 2.75) is 13.0 Å². The van der Waals surface area contributed by atoms with Gasteiger partial charge in [0.1, 0.15) is 6.61 Å². The Labute approximate surface area is 200 Å². The third-order valence-electron chi connectivity index (χ3n) is 4.75. The molecule has 0 radical (unpaired) electrons. The zero-order valence-electron chi connectivity index (χ0n) is 17.6. The summed E-state index contributed by atoms with van der Waals surface area (Å²) in [5.74, 6) is 1.89. The molecule has 1 aliphatic rings. The summed E-state index contributed by atoms with van der Waals surface area (Å²) in [5.41, 5.74) is 4.87. The maximum absolute atomic E-state index is 12.2. The fourth-order valence-corrected chi connectivity index (χ4v) is 3.54. The van der Waals surface area contributed by atoms with Crippen molar-refractivity contribution in [2.75, 3.05) is 13.9 Å². The number of fused-ring (bicyclic) bond motifs is 1. The molecule has 4 rings (SSSR count). The van der Waals surface area contributed by atoms with Crippen LogP contribution >= 0.6 is 23.2 Å². The number of rotatable bonds is 8. The molecule has 0 fully saturated rings. The van der Waals surface area contributed by atoms with Gasteiger partial charge in [-0.25, -0.2) is 5.43 Å². The molecule has 3 aromatic carbocycles. The van der Waals surface area contributed by atoms with E-state index in [0.717, 1.165) is 11.1 Å². The van der Waals surface area contributed by atoms with Gasteiger partial charge in [-0.1, -0.05) is 41.4 Å². The summed E-state index contributed by atoms with van der Waals surface area (Å²) in [7, 11) is 1.52. The molecule has 1 heterocycles. The van der Waals surface area contributed by atoms with Gasteiger partial charge < -0.3 is 18.9 Å². The van der Waals surface area contributed by atoms with Gasteiger partial charge in [0, 0.05) is 5.02 Å². The lowest BCUT2D eigenvalue weighted by molar-refractivity contribution is -0.120. The van der Waals surface area contributed by atoms with E-state index in [9.17, 15) is 4.79 Å². The predicted octanol–water partition coefficient (Wildman–Crippen LogP) is 5.00. The molecule has 0 bridgehead atoms. The Bertz CT molecular complexity index is 1180. The number of nitrogens with zero attached hydrogens (tertiary/aromatic N) is 1. The van der Waals surface area contributed by atoms with Gasteiger partial charge in [0.2, 0.25) is 12.7 Å². The van der Waals surface area contributed by atoms with Crippen LogP contribution in [0.4, 0.5) is 0 Å². The first-order valence-electron chi connectivity index (χ1n) is 9.97.